The zero-order valence-corrected chi connectivity index (χ0v) is 6.78. The Labute approximate surface area is 65.8 Å². The van der Waals surface area contributed by atoms with Gasteiger partial charge >= 0.3 is 5.97 Å². The molecule has 1 rings (SSSR count). The Hall–Kier alpha value is -0.610. The van der Waals surface area contributed by atoms with E-state index in [0.29, 0.717) is 6.42 Å². The van der Waals surface area contributed by atoms with Gasteiger partial charge < -0.3 is 14.9 Å². The largest absolute Gasteiger partial charge is 0.460 e. The zero-order chi connectivity index (χ0) is 8.85. The molecule has 4 nitrogen and oxygen atoms in total. The van der Waals surface area contributed by atoms with Gasteiger partial charge in [0, 0.05) is 7.11 Å². The third-order valence-corrected chi connectivity index (χ3v) is 1.51. The van der Waals surface area contributed by atoms with Gasteiger partial charge in [0.2, 0.25) is 0 Å². The average molecular weight is 162 g/mol. The van der Waals surface area contributed by atoms with Gasteiger partial charge in [-0.15, -0.1) is 0 Å². The van der Waals surface area contributed by atoms with Crippen LogP contribution in [0.15, 0.2) is 0 Å². The number of aliphatic hydroxyl groups is 2. The molecule has 66 valence electrons. The van der Waals surface area contributed by atoms with Crippen LogP contribution in [0.1, 0.15) is 13.3 Å². The molecule has 0 spiro atoms. The zero-order valence-electron chi connectivity index (χ0n) is 6.78. The number of ether oxygens (including phenoxy) is 1. The van der Waals surface area contributed by atoms with E-state index in [1.54, 1.807) is 6.92 Å². The van der Waals surface area contributed by atoms with Gasteiger partial charge in [-0.25, -0.2) is 0 Å². The second-order valence-corrected chi connectivity index (χ2v) is 2.38. The van der Waals surface area contributed by atoms with Crippen LogP contribution in [-0.2, 0) is 9.53 Å². The predicted octanol–water partition coefficient (Wildman–Crippen LogP) is -0.461. The van der Waals surface area contributed by atoms with Crippen LogP contribution in [0.4, 0.5) is 0 Å². The maximum absolute atomic E-state index is 10.6. The molecule has 2 unspecified atom stereocenters. The highest BCUT2D eigenvalue weighted by molar-refractivity contribution is 5.74. The third kappa shape index (κ3) is 2.86. The normalized spacial score (nSPS) is 28.9. The molecular weight excluding hydrogens is 148 g/mol. The quantitative estimate of drug-likeness (QED) is 0.512. The number of esters is 1. The molecule has 11 heavy (non-hydrogen) atoms. The number of hydrogen-bond acceptors (Lipinski definition) is 4. The number of carbonyl (C=O) groups excluding carboxylic acids is 1. The number of aliphatic hydroxyl groups excluding tert-OH is 2. The Bertz CT molecular complexity index is 124. The van der Waals surface area contributed by atoms with E-state index in [1.165, 1.54) is 0 Å². The number of carbonyl (C=O) groups is 1. The molecule has 1 saturated heterocycles. The summed E-state index contributed by atoms with van der Waals surface area (Å²) < 4.78 is 4.73. The van der Waals surface area contributed by atoms with Gasteiger partial charge in [-0.1, -0.05) is 6.92 Å². The fourth-order valence-electron chi connectivity index (χ4n) is 0.931. The lowest BCUT2D eigenvalue weighted by molar-refractivity contribution is -0.145. The molecule has 1 aliphatic heterocycles. The van der Waals surface area contributed by atoms with E-state index in [-0.39, 0.29) is 24.6 Å². The molecule has 0 aliphatic carbocycles. The Morgan fingerprint density at radius 3 is 2.36 bits per heavy atom. The summed E-state index contributed by atoms with van der Waals surface area (Å²) in [5.41, 5.74) is 0. The molecule has 0 amide bonds. The van der Waals surface area contributed by atoms with Crippen LogP contribution >= 0.6 is 0 Å². The van der Waals surface area contributed by atoms with Crippen molar-refractivity contribution in [3.8, 4) is 0 Å². The summed E-state index contributed by atoms with van der Waals surface area (Å²) in [7, 11) is 1.00. The fourth-order valence-corrected chi connectivity index (χ4v) is 0.931. The van der Waals surface area contributed by atoms with Crippen molar-refractivity contribution in [2.45, 2.75) is 19.4 Å². The first-order valence-corrected chi connectivity index (χ1v) is 3.50. The van der Waals surface area contributed by atoms with Crippen molar-refractivity contribution < 1.29 is 19.7 Å². The van der Waals surface area contributed by atoms with Gasteiger partial charge in [0.25, 0.3) is 0 Å². The van der Waals surface area contributed by atoms with Gasteiger partial charge in [0.1, 0.15) is 6.10 Å². The van der Waals surface area contributed by atoms with E-state index < -0.39 is 0 Å². The smallest absolute Gasteiger partial charge is 0.309 e. The molecule has 0 aromatic carbocycles. The van der Waals surface area contributed by atoms with Crippen LogP contribution in [0.3, 0.4) is 0 Å². The Morgan fingerprint density at radius 1 is 1.64 bits per heavy atom. The van der Waals surface area contributed by atoms with E-state index in [1.807, 2.05) is 0 Å². The molecule has 0 aromatic rings. The van der Waals surface area contributed by atoms with Gasteiger partial charge in [-0.2, -0.15) is 0 Å². The van der Waals surface area contributed by atoms with Gasteiger partial charge in [0.15, 0.2) is 0 Å². The average Bonchev–Trinajstić information content (AvgIpc) is 2.36. The van der Waals surface area contributed by atoms with Crippen molar-refractivity contribution in [3.63, 3.8) is 0 Å². The fraction of sp³-hybridized carbons (Fsp3) is 0.857. The Balaban J connectivity index is 0.000000461. The van der Waals surface area contributed by atoms with E-state index in [4.69, 9.17) is 14.9 Å². The maximum atomic E-state index is 10.6. The van der Waals surface area contributed by atoms with Crippen LogP contribution < -0.4 is 0 Å². The summed E-state index contributed by atoms with van der Waals surface area (Å²) in [5.74, 6) is -0.212. The minimum absolute atomic E-state index is 0.0258. The minimum atomic E-state index is -0.243. The van der Waals surface area contributed by atoms with Crippen molar-refractivity contribution >= 4 is 5.97 Å². The topological polar surface area (TPSA) is 66.8 Å². The van der Waals surface area contributed by atoms with E-state index in [0.717, 1.165) is 7.11 Å². The number of cyclic esters (lactones) is 1. The first kappa shape index (κ1) is 10.4. The molecular formula is C7H14O4. The van der Waals surface area contributed by atoms with Gasteiger partial charge in [0.05, 0.1) is 12.5 Å². The molecule has 1 heterocycles. The summed E-state index contributed by atoms with van der Waals surface area (Å²) in [6.45, 7) is 1.76. The summed E-state index contributed by atoms with van der Waals surface area (Å²) in [6.07, 6.45) is 0.419. The van der Waals surface area contributed by atoms with Gasteiger partial charge in [-0.05, 0) is 6.42 Å². The van der Waals surface area contributed by atoms with Crippen molar-refractivity contribution in [2.24, 2.45) is 5.92 Å². The van der Waals surface area contributed by atoms with Gasteiger partial charge in [-0.3, -0.25) is 4.79 Å². The van der Waals surface area contributed by atoms with Crippen molar-refractivity contribution in [1.29, 1.82) is 0 Å². The molecule has 2 N–H and O–H groups in total. The lowest BCUT2D eigenvalue weighted by atomic mass is 10.1. The molecule has 1 fully saturated rings. The van der Waals surface area contributed by atoms with E-state index in [9.17, 15) is 4.79 Å². The summed E-state index contributed by atoms with van der Waals surface area (Å²) in [5, 5.41) is 15.5. The van der Waals surface area contributed by atoms with Crippen molar-refractivity contribution in [2.75, 3.05) is 13.7 Å². The Morgan fingerprint density at radius 2 is 2.18 bits per heavy atom. The molecule has 0 aromatic heterocycles. The standard InChI is InChI=1S/C6H10O3.CH4O/c1-4-2-5(3-7)9-6(4)8;1-2/h4-5,7H,2-3H2,1H3;2H,1H3. The second kappa shape index (κ2) is 5.09. The molecule has 2 atom stereocenters. The number of hydrogen-bond donors (Lipinski definition) is 2. The second-order valence-electron chi connectivity index (χ2n) is 2.38. The first-order chi connectivity index (χ1) is 5.24. The lowest BCUT2D eigenvalue weighted by Gasteiger charge is -2.01. The van der Waals surface area contributed by atoms with E-state index >= 15 is 0 Å². The monoisotopic (exact) mass is 162 g/mol. The molecule has 0 bridgehead atoms. The van der Waals surface area contributed by atoms with Crippen molar-refractivity contribution in [1.82, 2.24) is 0 Å². The predicted molar refractivity (Wildman–Crippen MR) is 38.9 cm³/mol. The van der Waals surface area contributed by atoms with Crippen LogP contribution in [0.25, 0.3) is 0 Å². The summed E-state index contributed by atoms with van der Waals surface area (Å²) in [6, 6.07) is 0. The third-order valence-electron chi connectivity index (χ3n) is 1.51. The highest BCUT2D eigenvalue weighted by Crippen LogP contribution is 2.19. The first-order valence-electron chi connectivity index (χ1n) is 3.50. The molecule has 0 saturated carbocycles. The SMILES string of the molecule is CC1CC(CO)OC1=O.CO. The van der Waals surface area contributed by atoms with E-state index in [2.05, 4.69) is 0 Å². The molecule has 0 radical (unpaired) electrons. The summed E-state index contributed by atoms with van der Waals surface area (Å²) in [4.78, 5) is 10.6. The highest BCUT2D eigenvalue weighted by Gasteiger charge is 2.29. The van der Waals surface area contributed by atoms with Crippen molar-refractivity contribution in [3.05, 3.63) is 0 Å². The highest BCUT2D eigenvalue weighted by atomic mass is 16.6. The van der Waals surface area contributed by atoms with Crippen LogP contribution in [-0.4, -0.2) is 36.0 Å². The molecule has 4 heteroatoms. The number of rotatable bonds is 1. The van der Waals surface area contributed by atoms with Crippen LogP contribution in [0.2, 0.25) is 0 Å². The summed E-state index contributed by atoms with van der Waals surface area (Å²) >= 11 is 0. The van der Waals surface area contributed by atoms with Crippen LogP contribution in [0.5, 0.6) is 0 Å². The lowest BCUT2D eigenvalue weighted by Crippen LogP contribution is -2.10. The maximum Gasteiger partial charge on any atom is 0.309 e. The minimum Gasteiger partial charge on any atom is -0.460 e. The molecule has 1 aliphatic rings. The van der Waals surface area contributed by atoms with Crippen LogP contribution in [0, 0.1) is 5.92 Å². The Kier molecular flexibility index (Phi) is 4.81.